The monoisotopic (exact) mass is 243 g/mol. The van der Waals surface area contributed by atoms with Gasteiger partial charge in [-0.25, -0.2) is 0 Å². The van der Waals surface area contributed by atoms with Crippen LogP contribution in [0, 0.1) is 0 Å². The molecule has 6 heteroatoms. The van der Waals surface area contributed by atoms with Gasteiger partial charge in [0.05, 0.1) is 4.34 Å². The van der Waals surface area contributed by atoms with Crippen LogP contribution in [0.1, 0.15) is 10.7 Å². The third kappa shape index (κ3) is 2.56. The predicted molar refractivity (Wildman–Crippen MR) is 59.0 cm³/mol. The van der Waals surface area contributed by atoms with E-state index in [2.05, 4.69) is 10.2 Å². The molecule has 0 spiro atoms. The van der Waals surface area contributed by atoms with E-state index in [9.17, 15) is 0 Å². The van der Waals surface area contributed by atoms with Gasteiger partial charge in [-0.2, -0.15) is 0 Å². The number of hydrogen-bond donors (Lipinski definition) is 1. The predicted octanol–water partition coefficient (Wildman–Crippen LogP) is 1.73. The molecule has 0 fully saturated rings. The van der Waals surface area contributed by atoms with Crippen LogP contribution in [0.15, 0.2) is 18.5 Å². The second-order valence-electron chi connectivity index (χ2n) is 3.05. The smallest absolute Gasteiger partial charge is 0.158 e. The molecule has 2 aromatic rings. The van der Waals surface area contributed by atoms with Gasteiger partial charge in [0.1, 0.15) is 12.9 Å². The van der Waals surface area contributed by atoms with Gasteiger partial charge in [0.2, 0.25) is 0 Å². The summed E-state index contributed by atoms with van der Waals surface area (Å²) in [5, 5.41) is 16.5. The summed E-state index contributed by atoms with van der Waals surface area (Å²) in [7, 11) is 0. The van der Waals surface area contributed by atoms with Crippen molar-refractivity contribution in [3.8, 4) is 0 Å². The topological polar surface area (TPSA) is 50.9 Å². The van der Waals surface area contributed by atoms with Gasteiger partial charge < -0.3 is 9.67 Å². The van der Waals surface area contributed by atoms with Gasteiger partial charge in [0, 0.05) is 11.4 Å². The van der Waals surface area contributed by atoms with E-state index in [4.69, 9.17) is 16.7 Å². The van der Waals surface area contributed by atoms with E-state index in [1.807, 2.05) is 16.7 Å². The van der Waals surface area contributed by atoms with E-state index in [1.54, 1.807) is 17.7 Å². The lowest BCUT2D eigenvalue weighted by Gasteiger charge is -2.02. The van der Waals surface area contributed by atoms with E-state index >= 15 is 0 Å². The van der Waals surface area contributed by atoms with E-state index in [1.165, 1.54) is 4.88 Å². The molecule has 0 atom stereocenters. The highest BCUT2D eigenvalue weighted by Crippen LogP contribution is 2.22. The molecule has 0 aliphatic rings. The normalized spacial score (nSPS) is 10.8. The Hall–Kier alpha value is -0.910. The molecule has 0 saturated heterocycles. The number of halogens is 1. The zero-order valence-corrected chi connectivity index (χ0v) is 9.50. The minimum absolute atomic E-state index is 0.0782. The fraction of sp³-hybridized carbons (Fsp3) is 0.333. The van der Waals surface area contributed by atoms with Crippen molar-refractivity contribution in [1.82, 2.24) is 14.8 Å². The van der Waals surface area contributed by atoms with E-state index in [0.717, 1.165) is 17.3 Å². The maximum absolute atomic E-state index is 8.97. The molecule has 0 aliphatic carbocycles. The minimum atomic E-state index is -0.0782. The van der Waals surface area contributed by atoms with Crippen molar-refractivity contribution < 1.29 is 5.11 Å². The molecule has 0 unspecified atom stereocenters. The zero-order chi connectivity index (χ0) is 10.7. The molecule has 15 heavy (non-hydrogen) atoms. The molecule has 2 aromatic heterocycles. The van der Waals surface area contributed by atoms with Crippen LogP contribution < -0.4 is 0 Å². The quantitative estimate of drug-likeness (QED) is 0.890. The van der Waals surface area contributed by atoms with Crippen LogP contribution in [-0.4, -0.2) is 19.9 Å². The zero-order valence-electron chi connectivity index (χ0n) is 7.93. The van der Waals surface area contributed by atoms with Crippen LogP contribution in [0.2, 0.25) is 4.34 Å². The van der Waals surface area contributed by atoms with Gasteiger partial charge in [-0.1, -0.05) is 11.6 Å². The fourth-order valence-corrected chi connectivity index (χ4v) is 2.38. The lowest BCUT2D eigenvalue weighted by Crippen LogP contribution is -2.04. The van der Waals surface area contributed by atoms with Crippen molar-refractivity contribution in [1.29, 1.82) is 0 Å². The van der Waals surface area contributed by atoms with Crippen molar-refractivity contribution >= 4 is 22.9 Å². The Morgan fingerprint density at radius 1 is 1.47 bits per heavy atom. The van der Waals surface area contributed by atoms with Crippen molar-refractivity contribution in [2.75, 3.05) is 0 Å². The molecule has 0 amide bonds. The van der Waals surface area contributed by atoms with Crippen LogP contribution in [0.3, 0.4) is 0 Å². The van der Waals surface area contributed by atoms with Crippen molar-refractivity contribution in [3.05, 3.63) is 33.5 Å². The molecule has 0 aromatic carbocycles. The lowest BCUT2D eigenvalue weighted by molar-refractivity contribution is 0.264. The summed E-state index contributed by atoms with van der Waals surface area (Å²) in [5.41, 5.74) is 0. The maximum atomic E-state index is 8.97. The molecule has 0 bridgehead atoms. The highest BCUT2D eigenvalue weighted by Gasteiger charge is 2.03. The summed E-state index contributed by atoms with van der Waals surface area (Å²) < 4.78 is 2.64. The van der Waals surface area contributed by atoms with Gasteiger partial charge in [-0.15, -0.1) is 21.5 Å². The van der Waals surface area contributed by atoms with Gasteiger partial charge in [-0.05, 0) is 18.6 Å². The van der Waals surface area contributed by atoms with Crippen molar-refractivity contribution in [2.45, 2.75) is 19.6 Å². The summed E-state index contributed by atoms with van der Waals surface area (Å²) in [6, 6.07) is 3.90. The fourth-order valence-electron chi connectivity index (χ4n) is 1.30. The number of aliphatic hydroxyl groups is 1. The molecule has 80 valence electrons. The third-order valence-electron chi connectivity index (χ3n) is 2.07. The van der Waals surface area contributed by atoms with E-state index < -0.39 is 0 Å². The van der Waals surface area contributed by atoms with E-state index in [0.29, 0.717) is 5.82 Å². The molecule has 1 N–H and O–H groups in total. The number of rotatable bonds is 4. The van der Waals surface area contributed by atoms with Gasteiger partial charge in [-0.3, -0.25) is 0 Å². The van der Waals surface area contributed by atoms with Gasteiger partial charge >= 0.3 is 0 Å². The number of aromatic nitrogens is 3. The molecule has 0 saturated carbocycles. The Kier molecular flexibility index (Phi) is 3.35. The first-order chi connectivity index (χ1) is 7.29. The van der Waals surface area contributed by atoms with Crippen LogP contribution in [0.5, 0.6) is 0 Å². The number of hydrogen-bond acceptors (Lipinski definition) is 4. The first-order valence-corrected chi connectivity index (χ1v) is 5.71. The summed E-state index contributed by atoms with van der Waals surface area (Å²) in [4.78, 5) is 1.22. The Morgan fingerprint density at radius 2 is 2.33 bits per heavy atom. The van der Waals surface area contributed by atoms with Crippen LogP contribution in [-0.2, 0) is 19.6 Å². The Labute approximate surface area is 96.1 Å². The van der Waals surface area contributed by atoms with Crippen LogP contribution in [0.4, 0.5) is 0 Å². The molecular formula is C9H10ClN3OS. The molecule has 2 heterocycles. The summed E-state index contributed by atoms with van der Waals surface area (Å²) in [6.07, 6.45) is 2.50. The molecule has 4 nitrogen and oxygen atoms in total. The maximum Gasteiger partial charge on any atom is 0.158 e. The summed E-state index contributed by atoms with van der Waals surface area (Å²) in [5.74, 6) is 0.595. The largest absolute Gasteiger partial charge is 0.388 e. The Bertz CT molecular complexity index is 440. The minimum Gasteiger partial charge on any atom is -0.388 e. The standard InChI is InChI=1S/C9H10ClN3OS/c10-8-2-1-7(15-8)3-4-13-6-11-12-9(13)5-14/h1-2,6,14H,3-5H2. The van der Waals surface area contributed by atoms with E-state index in [-0.39, 0.29) is 6.61 Å². The average molecular weight is 244 g/mol. The second kappa shape index (κ2) is 4.74. The third-order valence-corrected chi connectivity index (χ3v) is 3.36. The molecule has 2 rings (SSSR count). The summed E-state index contributed by atoms with van der Waals surface area (Å²) in [6.45, 7) is 0.685. The Morgan fingerprint density at radius 3 is 3.00 bits per heavy atom. The number of nitrogens with zero attached hydrogens (tertiary/aromatic N) is 3. The highest BCUT2D eigenvalue weighted by molar-refractivity contribution is 7.16. The molecule has 0 radical (unpaired) electrons. The molecule has 0 aliphatic heterocycles. The van der Waals surface area contributed by atoms with Gasteiger partial charge in [0.15, 0.2) is 5.82 Å². The first-order valence-electron chi connectivity index (χ1n) is 4.51. The van der Waals surface area contributed by atoms with Crippen LogP contribution >= 0.6 is 22.9 Å². The Balaban J connectivity index is 1.98. The first kappa shape index (κ1) is 10.6. The van der Waals surface area contributed by atoms with Crippen molar-refractivity contribution in [2.24, 2.45) is 0 Å². The summed E-state index contributed by atoms with van der Waals surface area (Å²) >= 11 is 7.40. The van der Waals surface area contributed by atoms with Crippen LogP contribution in [0.25, 0.3) is 0 Å². The second-order valence-corrected chi connectivity index (χ2v) is 4.85. The SMILES string of the molecule is OCc1nncn1CCc1ccc(Cl)s1. The number of aliphatic hydroxyl groups excluding tert-OH is 1. The highest BCUT2D eigenvalue weighted by atomic mass is 35.5. The number of thiophene rings is 1. The lowest BCUT2D eigenvalue weighted by atomic mass is 10.3. The van der Waals surface area contributed by atoms with Crippen molar-refractivity contribution in [3.63, 3.8) is 0 Å². The van der Waals surface area contributed by atoms with Gasteiger partial charge in [0.25, 0.3) is 0 Å². The number of aryl methyl sites for hydroxylation is 2. The molecular weight excluding hydrogens is 234 g/mol. The average Bonchev–Trinajstić information content (AvgIpc) is 2.83.